The zero-order valence-electron chi connectivity index (χ0n) is 30.6. The standard InChI is InChI=1S/C53H36Br2O/c54-47-31-29-45-41(33-35-17-13-15-27-43(35)52(45,37-19-5-1-6-20-37)38-21-7-2-8-22-38)49(47)51(56)50-42-34-36-18-14-16-28-44(36)53(39-23-9-3-10-24-39,40-25-11-4-12-26-40)46(42)30-32-48(50)55/h1-32H,33-34H2. The molecule has 268 valence electrons. The zero-order chi connectivity index (χ0) is 37.9. The maximum absolute atomic E-state index is 16.0. The second-order valence-corrected chi connectivity index (χ2v) is 16.6. The number of benzene rings is 8. The topological polar surface area (TPSA) is 17.1 Å². The minimum Gasteiger partial charge on any atom is -0.289 e. The van der Waals surface area contributed by atoms with Gasteiger partial charge in [-0.1, -0.05) is 214 Å². The van der Waals surface area contributed by atoms with Crippen LogP contribution in [0.4, 0.5) is 0 Å². The molecular weight excluding hydrogens is 812 g/mol. The summed E-state index contributed by atoms with van der Waals surface area (Å²) in [6.07, 6.45) is 1.28. The van der Waals surface area contributed by atoms with E-state index >= 15 is 4.79 Å². The number of hydrogen-bond acceptors (Lipinski definition) is 1. The van der Waals surface area contributed by atoms with Gasteiger partial charge in [0.15, 0.2) is 5.78 Å². The van der Waals surface area contributed by atoms with Crippen LogP contribution in [-0.4, -0.2) is 5.78 Å². The Labute approximate surface area is 345 Å². The Kier molecular flexibility index (Phi) is 8.62. The summed E-state index contributed by atoms with van der Waals surface area (Å²) in [5.74, 6) is 0.0151. The summed E-state index contributed by atoms with van der Waals surface area (Å²) in [7, 11) is 0. The third kappa shape index (κ3) is 5.07. The van der Waals surface area contributed by atoms with E-state index in [4.69, 9.17) is 0 Å². The number of ketones is 1. The maximum atomic E-state index is 16.0. The van der Waals surface area contributed by atoms with Crippen molar-refractivity contribution in [3.8, 4) is 0 Å². The van der Waals surface area contributed by atoms with Gasteiger partial charge in [0.1, 0.15) is 0 Å². The highest BCUT2D eigenvalue weighted by Crippen LogP contribution is 2.55. The SMILES string of the molecule is O=C(c1c(Br)ccc2c1Cc1ccccc1C2(c1ccccc1)c1ccccc1)c1c(Br)ccc2c1Cc1ccccc1C2(c1ccccc1)c1ccccc1. The molecule has 0 aromatic heterocycles. The van der Waals surface area contributed by atoms with Crippen LogP contribution in [-0.2, 0) is 23.7 Å². The molecule has 8 aromatic carbocycles. The van der Waals surface area contributed by atoms with Crippen LogP contribution in [0.1, 0.15) is 82.7 Å². The first-order valence-corrected chi connectivity index (χ1v) is 20.7. The smallest absolute Gasteiger partial charge is 0.195 e. The molecule has 0 bridgehead atoms. The molecule has 0 unspecified atom stereocenters. The Balaban J connectivity index is 1.27. The van der Waals surface area contributed by atoms with Crippen molar-refractivity contribution in [2.75, 3.05) is 0 Å². The lowest BCUT2D eigenvalue weighted by molar-refractivity contribution is 0.103. The van der Waals surface area contributed by atoms with E-state index in [1.165, 1.54) is 44.5 Å². The Hall–Kier alpha value is -5.61. The van der Waals surface area contributed by atoms with E-state index in [0.29, 0.717) is 24.0 Å². The van der Waals surface area contributed by atoms with Crippen molar-refractivity contribution in [3.05, 3.63) is 281 Å². The summed E-state index contributed by atoms with van der Waals surface area (Å²) < 4.78 is 1.60. The predicted molar refractivity (Wildman–Crippen MR) is 234 cm³/mol. The van der Waals surface area contributed by atoms with Gasteiger partial charge < -0.3 is 0 Å². The van der Waals surface area contributed by atoms with E-state index in [1.54, 1.807) is 0 Å². The van der Waals surface area contributed by atoms with Gasteiger partial charge >= 0.3 is 0 Å². The van der Waals surface area contributed by atoms with Crippen molar-refractivity contribution in [1.82, 2.24) is 0 Å². The van der Waals surface area contributed by atoms with Gasteiger partial charge in [-0.2, -0.15) is 0 Å². The van der Waals surface area contributed by atoms with Gasteiger partial charge in [-0.3, -0.25) is 4.79 Å². The molecule has 0 saturated carbocycles. The summed E-state index contributed by atoms with van der Waals surface area (Å²) in [5, 5.41) is 0. The van der Waals surface area contributed by atoms with Crippen molar-refractivity contribution in [2.24, 2.45) is 0 Å². The number of fused-ring (bicyclic) bond motifs is 4. The minimum absolute atomic E-state index is 0.0151. The molecule has 0 heterocycles. The highest BCUT2D eigenvalue weighted by Gasteiger charge is 2.47. The van der Waals surface area contributed by atoms with Crippen molar-refractivity contribution < 1.29 is 4.79 Å². The molecule has 56 heavy (non-hydrogen) atoms. The number of carbonyl (C=O) groups excluding carboxylic acids is 1. The fourth-order valence-corrected chi connectivity index (χ4v) is 11.1. The molecule has 2 aliphatic carbocycles. The summed E-state index contributed by atoms with van der Waals surface area (Å²) in [4.78, 5) is 16.0. The largest absolute Gasteiger partial charge is 0.289 e. The molecule has 0 fully saturated rings. The van der Waals surface area contributed by atoms with E-state index in [2.05, 4.69) is 226 Å². The number of halogens is 2. The average molecular weight is 849 g/mol. The Morgan fingerprint density at radius 3 is 1.00 bits per heavy atom. The number of rotatable bonds is 6. The van der Waals surface area contributed by atoms with Crippen LogP contribution in [0.15, 0.2) is 203 Å². The van der Waals surface area contributed by atoms with E-state index in [-0.39, 0.29) is 5.78 Å². The Morgan fingerprint density at radius 2 is 0.661 bits per heavy atom. The number of carbonyl (C=O) groups is 1. The van der Waals surface area contributed by atoms with E-state index < -0.39 is 10.8 Å². The lowest BCUT2D eigenvalue weighted by Gasteiger charge is -2.43. The lowest BCUT2D eigenvalue weighted by atomic mass is 9.58. The first-order chi connectivity index (χ1) is 27.5. The molecule has 2 aliphatic rings. The van der Waals surface area contributed by atoms with Crippen LogP contribution in [0.3, 0.4) is 0 Å². The molecule has 1 nitrogen and oxygen atoms in total. The predicted octanol–water partition coefficient (Wildman–Crippen LogP) is 13.0. The van der Waals surface area contributed by atoms with Gasteiger partial charge in [0.25, 0.3) is 0 Å². The molecule has 0 atom stereocenters. The van der Waals surface area contributed by atoms with Crippen LogP contribution < -0.4 is 0 Å². The molecule has 0 amide bonds. The van der Waals surface area contributed by atoms with Gasteiger partial charge in [0.05, 0.1) is 10.8 Å². The zero-order valence-corrected chi connectivity index (χ0v) is 33.7. The van der Waals surface area contributed by atoms with E-state index in [1.807, 2.05) is 0 Å². The summed E-state index contributed by atoms with van der Waals surface area (Å²) in [6, 6.07) is 69.4. The fraction of sp³-hybridized carbons (Fsp3) is 0.0755. The summed E-state index contributed by atoms with van der Waals surface area (Å²) >= 11 is 7.94. The molecule has 0 radical (unpaired) electrons. The Bertz CT molecular complexity index is 2500. The highest BCUT2D eigenvalue weighted by atomic mass is 79.9. The molecule has 0 N–H and O–H groups in total. The van der Waals surface area contributed by atoms with Crippen molar-refractivity contribution in [2.45, 2.75) is 23.7 Å². The van der Waals surface area contributed by atoms with Crippen molar-refractivity contribution >= 4 is 37.6 Å². The molecule has 10 rings (SSSR count). The Morgan fingerprint density at radius 1 is 0.357 bits per heavy atom. The van der Waals surface area contributed by atoms with E-state index in [0.717, 1.165) is 31.2 Å². The fourth-order valence-electron chi connectivity index (χ4n) is 10.0. The van der Waals surface area contributed by atoms with Crippen LogP contribution >= 0.6 is 31.9 Å². The lowest BCUT2D eigenvalue weighted by Crippen LogP contribution is -2.37. The third-order valence-corrected chi connectivity index (χ3v) is 13.5. The quantitative estimate of drug-likeness (QED) is 0.152. The number of hydrogen-bond donors (Lipinski definition) is 0. The van der Waals surface area contributed by atoms with Gasteiger partial charge in [-0.15, -0.1) is 0 Å². The molecule has 3 heteroatoms. The second-order valence-electron chi connectivity index (χ2n) is 14.9. The second kappa shape index (κ2) is 13.8. The van der Waals surface area contributed by atoms with Crippen molar-refractivity contribution in [3.63, 3.8) is 0 Å². The molecular formula is C53H36Br2O. The van der Waals surface area contributed by atoms with Crippen molar-refractivity contribution in [1.29, 1.82) is 0 Å². The first kappa shape index (κ1) is 34.8. The third-order valence-electron chi connectivity index (χ3n) is 12.2. The van der Waals surface area contributed by atoms with Crippen LogP contribution in [0.5, 0.6) is 0 Å². The van der Waals surface area contributed by atoms with Crippen LogP contribution in [0.25, 0.3) is 0 Å². The molecule has 8 aromatic rings. The van der Waals surface area contributed by atoms with Gasteiger partial charge in [0, 0.05) is 20.1 Å². The van der Waals surface area contributed by atoms with Gasteiger partial charge in [0.2, 0.25) is 0 Å². The molecule has 0 aliphatic heterocycles. The molecule has 0 saturated heterocycles. The van der Waals surface area contributed by atoms with Crippen LogP contribution in [0, 0.1) is 0 Å². The molecule has 0 spiro atoms. The van der Waals surface area contributed by atoms with Gasteiger partial charge in [-0.05, 0) is 91.7 Å². The first-order valence-electron chi connectivity index (χ1n) is 19.1. The van der Waals surface area contributed by atoms with Crippen LogP contribution in [0.2, 0.25) is 0 Å². The normalized spacial score (nSPS) is 14.5. The minimum atomic E-state index is -0.634. The monoisotopic (exact) mass is 846 g/mol. The summed E-state index contributed by atoms with van der Waals surface area (Å²) in [6.45, 7) is 0. The van der Waals surface area contributed by atoms with Gasteiger partial charge in [-0.25, -0.2) is 0 Å². The average Bonchev–Trinajstić information content (AvgIpc) is 3.25. The summed E-state index contributed by atoms with van der Waals surface area (Å²) in [5.41, 5.74) is 14.1. The van der Waals surface area contributed by atoms with E-state index in [9.17, 15) is 0 Å². The highest BCUT2D eigenvalue weighted by molar-refractivity contribution is 9.11. The maximum Gasteiger partial charge on any atom is 0.195 e.